The first-order chi connectivity index (χ1) is 7.66. The lowest BCUT2D eigenvalue weighted by molar-refractivity contribution is 0.901. The van der Waals surface area contributed by atoms with Crippen molar-refractivity contribution in [2.75, 3.05) is 0 Å². The minimum Gasteiger partial charge on any atom is -0.350 e. The molecule has 0 aliphatic heterocycles. The maximum atomic E-state index is 5.67. The molecule has 0 bridgehead atoms. The van der Waals surface area contributed by atoms with Gasteiger partial charge in [-0.1, -0.05) is 21.9 Å². The normalized spacial score (nSPS) is 17.3. The third-order valence-electron chi connectivity index (χ3n) is 3.49. The SMILES string of the molecule is C#CC1(c2cn(C)c3ccc(Br)cc23)CC1. The molecule has 1 saturated carbocycles. The van der Waals surface area contributed by atoms with Crippen molar-refractivity contribution < 1.29 is 0 Å². The smallest absolute Gasteiger partial charge is 0.0582 e. The molecule has 1 heterocycles. The molecule has 0 amide bonds. The topological polar surface area (TPSA) is 4.93 Å². The fourth-order valence-corrected chi connectivity index (χ4v) is 2.72. The first-order valence-electron chi connectivity index (χ1n) is 5.39. The van der Waals surface area contributed by atoms with Crippen molar-refractivity contribution in [1.29, 1.82) is 0 Å². The Morgan fingerprint density at radius 3 is 2.81 bits per heavy atom. The van der Waals surface area contributed by atoms with Gasteiger partial charge in [0, 0.05) is 28.6 Å². The van der Waals surface area contributed by atoms with E-state index in [0.29, 0.717) is 0 Å². The highest BCUT2D eigenvalue weighted by Gasteiger charge is 2.44. The van der Waals surface area contributed by atoms with Crippen LogP contribution in [0.4, 0.5) is 0 Å². The first kappa shape index (κ1) is 9.99. The molecule has 3 rings (SSSR count). The summed E-state index contributed by atoms with van der Waals surface area (Å²) < 4.78 is 3.27. The second-order valence-corrected chi connectivity index (χ2v) is 5.46. The largest absolute Gasteiger partial charge is 0.350 e. The van der Waals surface area contributed by atoms with Crippen molar-refractivity contribution in [1.82, 2.24) is 4.57 Å². The van der Waals surface area contributed by atoms with Crippen LogP contribution in [0.5, 0.6) is 0 Å². The highest BCUT2D eigenvalue weighted by Crippen LogP contribution is 2.50. The molecule has 1 aliphatic rings. The zero-order valence-electron chi connectivity index (χ0n) is 9.13. The van der Waals surface area contributed by atoms with Crippen LogP contribution in [-0.4, -0.2) is 4.57 Å². The van der Waals surface area contributed by atoms with Crippen LogP contribution in [0.25, 0.3) is 10.9 Å². The summed E-state index contributed by atoms with van der Waals surface area (Å²) in [6.45, 7) is 0. The van der Waals surface area contributed by atoms with Gasteiger partial charge in [0.05, 0.1) is 5.41 Å². The number of rotatable bonds is 1. The molecule has 1 aromatic heterocycles. The zero-order chi connectivity index (χ0) is 11.3. The summed E-state index contributed by atoms with van der Waals surface area (Å²) in [7, 11) is 2.08. The third-order valence-corrected chi connectivity index (χ3v) is 3.99. The Kier molecular flexibility index (Phi) is 1.96. The number of hydrogen-bond acceptors (Lipinski definition) is 0. The van der Waals surface area contributed by atoms with Gasteiger partial charge in [-0.25, -0.2) is 0 Å². The number of aryl methyl sites for hydroxylation is 1. The van der Waals surface area contributed by atoms with Gasteiger partial charge in [0.2, 0.25) is 0 Å². The maximum Gasteiger partial charge on any atom is 0.0582 e. The number of hydrogen-bond donors (Lipinski definition) is 0. The van der Waals surface area contributed by atoms with Gasteiger partial charge in [-0.2, -0.15) is 0 Å². The lowest BCUT2D eigenvalue weighted by Crippen LogP contribution is -2.00. The summed E-state index contributed by atoms with van der Waals surface area (Å²) in [5.41, 5.74) is 2.58. The second kappa shape index (κ2) is 3.15. The molecule has 0 unspecified atom stereocenters. The number of aromatic nitrogens is 1. The van der Waals surface area contributed by atoms with E-state index in [0.717, 1.165) is 17.3 Å². The molecule has 0 saturated heterocycles. The molecule has 1 fully saturated rings. The number of terminal acetylenes is 1. The van der Waals surface area contributed by atoms with E-state index in [1.165, 1.54) is 16.5 Å². The van der Waals surface area contributed by atoms with E-state index >= 15 is 0 Å². The van der Waals surface area contributed by atoms with Crippen molar-refractivity contribution in [3.63, 3.8) is 0 Å². The van der Waals surface area contributed by atoms with Crippen molar-refractivity contribution in [2.24, 2.45) is 7.05 Å². The summed E-state index contributed by atoms with van der Waals surface area (Å²) >= 11 is 3.52. The van der Waals surface area contributed by atoms with Gasteiger partial charge < -0.3 is 4.57 Å². The molecular weight excluding hydrogens is 262 g/mol. The van der Waals surface area contributed by atoms with E-state index in [-0.39, 0.29) is 5.41 Å². The summed E-state index contributed by atoms with van der Waals surface area (Å²) in [4.78, 5) is 0. The first-order valence-corrected chi connectivity index (χ1v) is 6.18. The van der Waals surface area contributed by atoms with E-state index in [2.05, 4.69) is 57.9 Å². The predicted molar refractivity (Wildman–Crippen MR) is 70.4 cm³/mol. The molecule has 1 nitrogen and oxygen atoms in total. The van der Waals surface area contributed by atoms with Gasteiger partial charge in [-0.05, 0) is 36.6 Å². The van der Waals surface area contributed by atoms with Crippen LogP contribution in [0.1, 0.15) is 18.4 Å². The second-order valence-electron chi connectivity index (χ2n) is 4.54. The monoisotopic (exact) mass is 273 g/mol. The molecular formula is C14H12BrN. The Hall–Kier alpha value is -1.20. The molecule has 1 aliphatic carbocycles. The zero-order valence-corrected chi connectivity index (χ0v) is 10.7. The minimum atomic E-state index is 0.0142. The maximum absolute atomic E-state index is 5.67. The molecule has 0 radical (unpaired) electrons. The number of nitrogens with zero attached hydrogens (tertiary/aromatic N) is 1. The Bertz CT molecular complexity index is 611. The lowest BCUT2D eigenvalue weighted by Gasteiger charge is -2.05. The van der Waals surface area contributed by atoms with Crippen LogP contribution < -0.4 is 0 Å². The lowest BCUT2D eigenvalue weighted by atomic mass is 9.97. The van der Waals surface area contributed by atoms with Crippen molar-refractivity contribution in [3.05, 3.63) is 34.4 Å². The molecule has 1 aromatic carbocycles. The Balaban J connectivity index is 2.34. The van der Waals surface area contributed by atoms with Crippen LogP contribution in [0.2, 0.25) is 0 Å². The number of fused-ring (bicyclic) bond motifs is 1. The van der Waals surface area contributed by atoms with Gasteiger partial charge in [0.1, 0.15) is 0 Å². The summed E-state index contributed by atoms with van der Waals surface area (Å²) in [6.07, 6.45) is 10.1. The van der Waals surface area contributed by atoms with E-state index < -0.39 is 0 Å². The van der Waals surface area contributed by atoms with E-state index in [4.69, 9.17) is 6.42 Å². The molecule has 2 aromatic rings. The molecule has 80 valence electrons. The van der Waals surface area contributed by atoms with Crippen LogP contribution in [0, 0.1) is 12.3 Å². The highest BCUT2D eigenvalue weighted by molar-refractivity contribution is 9.10. The van der Waals surface area contributed by atoms with Gasteiger partial charge in [-0.15, -0.1) is 6.42 Å². The summed E-state index contributed by atoms with van der Waals surface area (Å²) in [6, 6.07) is 6.37. The molecule has 0 spiro atoms. The van der Waals surface area contributed by atoms with Gasteiger partial charge in [0.25, 0.3) is 0 Å². The number of benzene rings is 1. The molecule has 16 heavy (non-hydrogen) atoms. The summed E-state index contributed by atoms with van der Waals surface area (Å²) in [5.74, 6) is 2.97. The Morgan fingerprint density at radius 1 is 1.44 bits per heavy atom. The molecule has 0 N–H and O–H groups in total. The third kappa shape index (κ3) is 1.25. The van der Waals surface area contributed by atoms with Gasteiger partial charge in [-0.3, -0.25) is 0 Å². The Labute approximate surface area is 104 Å². The highest BCUT2D eigenvalue weighted by atomic mass is 79.9. The fourth-order valence-electron chi connectivity index (χ4n) is 2.36. The standard InChI is InChI=1S/C14H12BrN/c1-3-14(6-7-14)12-9-16(2)13-5-4-10(15)8-11(12)13/h1,4-5,8-9H,6-7H2,2H3. The quantitative estimate of drug-likeness (QED) is 0.700. The predicted octanol–water partition coefficient (Wildman–Crippen LogP) is 3.61. The molecule has 2 heteroatoms. The van der Waals surface area contributed by atoms with Gasteiger partial charge in [0.15, 0.2) is 0 Å². The Morgan fingerprint density at radius 2 is 2.19 bits per heavy atom. The van der Waals surface area contributed by atoms with Crippen molar-refractivity contribution >= 4 is 26.8 Å². The van der Waals surface area contributed by atoms with E-state index in [1.807, 2.05) is 0 Å². The van der Waals surface area contributed by atoms with Crippen LogP contribution >= 0.6 is 15.9 Å². The average molecular weight is 274 g/mol. The minimum absolute atomic E-state index is 0.0142. The van der Waals surface area contributed by atoms with Crippen LogP contribution in [-0.2, 0) is 12.5 Å². The van der Waals surface area contributed by atoms with Crippen LogP contribution in [0.15, 0.2) is 28.9 Å². The van der Waals surface area contributed by atoms with E-state index in [1.54, 1.807) is 0 Å². The average Bonchev–Trinajstić information content (AvgIpc) is 3.00. The van der Waals surface area contributed by atoms with Crippen molar-refractivity contribution in [3.8, 4) is 12.3 Å². The number of halogens is 1. The summed E-state index contributed by atoms with van der Waals surface area (Å²) in [5, 5.41) is 1.28. The van der Waals surface area contributed by atoms with Crippen LogP contribution in [0.3, 0.4) is 0 Å². The molecule has 0 atom stereocenters. The van der Waals surface area contributed by atoms with E-state index in [9.17, 15) is 0 Å². The van der Waals surface area contributed by atoms with Gasteiger partial charge >= 0.3 is 0 Å². The fraction of sp³-hybridized carbons (Fsp3) is 0.286. The van der Waals surface area contributed by atoms with Crippen molar-refractivity contribution in [2.45, 2.75) is 18.3 Å².